The second-order valence-electron chi connectivity index (χ2n) is 4.18. The molecule has 1 aliphatic heterocycles. The van der Waals surface area contributed by atoms with Crippen molar-refractivity contribution in [2.24, 2.45) is 0 Å². The van der Waals surface area contributed by atoms with Crippen molar-refractivity contribution in [3.63, 3.8) is 0 Å². The van der Waals surface area contributed by atoms with Crippen molar-refractivity contribution in [1.29, 1.82) is 0 Å². The van der Waals surface area contributed by atoms with E-state index < -0.39 is 30.4 Å². The molecular weight excluding hydrogens is 346 g/mol. The molecule has 0 atom stereocenters. The highest BCUT2D eigenvalue weighted by atomic mass is 79.9. The van der Waals surface area contributed by atoms with E-state index >= 15 is 0 Å². The van der Waals surface area contributed by atoms with Gasteiger partial charge in [-0.05, 0) is 18.2 Å². The van der Waals surface area contributed by atoms with Crippen molar-refractivity contribution < 1.29 is 24.3 Å². The van der Waals surface area contributed by atoms with Gasteiger partial charge in [-0.25, -0.2) is 9.59 Å². The van der Waals surface area contributed by atoms with Crippen molar-refractivity contribution in [2.75, 3.05) is 18.4 Å². The number of nitrogens with one attached hydrogen (secondary N) is 2. The van der Waals surface area contributed by atoms with E-state index in [1.807, 2.05) is 0 Å². The van der Waals surface area contributed by atoms with Gasteiger partial charge in [0.15, 0.2) is 0 Å². The maximum absolute atomic E-state index is 11.9. The molecule has 4 amide bonds. The molecular formula is C12H10BrN3O5. The number of carbonyl (C=O) groups excluding carboxylic acids is 3. The van der Waals surface area contributed by atoms with Gasteiger partial charge in [-0.1, -0.05) is 15.9 Å². The van der Waals surface area contributed by atoms with Crippen LogP contribution < -0.4 is 10.6 Å². The van der Waals surface area contributed by atoms with Crippen LogP contribution >= 0.6 is 15.9 Å². The number of benzene rings is 1. The Kier molecular flexibility index (Phi) is 4.22. The van der Waals surface area contributed by atoms with E-state index in [9.17, 15) is 19.2 Å². The first-order chi connectivity index (χ1) is 9.88. The van der Waals surface area contributed by atoms with Crippen molar-refractivity contribution in [1.82, 2.24) is 10.2 Å². The molecule has 1 aromatic carbocycles. The monoisotopic (exact) mass is 355 g/mol. The molecule has 0 saturated carbocycles. The predicted molar refractivity (Wildman–Crippen MR) is 74.8 cm³/mol. The van der Waals surface area contributed by atoms with Gasteiger partial charge in [0.05, 0.1) is 17.8 Å². The zero-order valence-electron chi connectivity index (χ0n) is 10.6. The number of anilines is 1. The maximum atomic E-state index is 11.9. The molecule has 21 heavy (non-hydrogen) atoms. The van der Waals surface area contributed by atoms with E-state index in [1.54, 1.807) is 0 Å². The third-order valence-corrected chi connectivity index (χ3v) is 3.22. The summed E-state index contributed by atoms with van der Waals surface area (Å²) in [7, 11) is 0. The minimum Gasteiger partial charge on any atom is -0.478 e. The number of hydrogen-bond acceptors (Lipinski definition) is 4. The third-order valence-electron chi connectivity index (χ3n) is 2.72. The van der Waals surface area contributed by atoms with Gasteiger partial charge in [-0.15, -0.1) is 0 Å². The fourth-order valence-corrected chi connectivity index (χ4v) is 2.12. The molecule has 1 heterocycles. The van der Waals surface area contributed by atoms with E-state index in [-0.39, 0.29) is 17.8 Å². The zero-order valence-corrected chi connectivity index (χ0v) is 12.1. The largest absolute Gasteiger partial charge is 0.478 e. The summed E-state index contributed by atoms with van der Waals surface area (Å²) >= 11 is 3.17. The molecule has 1 aromatic rings. The average Bonchev–Trinajstić information content (AvgIpc) is 2.70. The number of carboxylic acids is 1. The second kappa shape index (κ2) is 5.92. The van der Waals surface area contributed by atoms with Crippen LogP contribution in [0.2, 0.25) is 0 Å². The molecule has 0 bridgehead atoms. The molecule has 0 unspecified atom stereocenters. The summed E-state index contributed by atoms with van der Waals surface area (Å²) in [4.78, 5) is 46.4. The summed E-state index contributed by atoms with van der Waals surface area (Å²) in [6.45, 7) is -0.625. The predicted octanol–water partition coefficient (Wildman–Crippen LogP) is 0.638. The van der Waals surface area contributed by atoms with Crippen LogP contribution in [-0.2, 0) is 9.59 Å². The van der Waals surface area contributed by atoms with Crippen molar-refractivity contribution >= 4 is 45.4 Å². The number of hydrogen-bond donors (Lipinski definition) is 3. The highest BCUT2D eigenvalue weighted by Gasteiger charge is 2.30. The summed E-state index contributed by atoms with van der Waals surface area (Å²) in [5.74, 6) is -2.38. The first-order valence-corrected chi connectivity index (χ1v) is 6.58. The van der Waals surface area contributed by atoms with Gasteiger partial charge >= 0.3 is 12.0 Å². The van der Waals surface area contributed by atoms with Crippen LogP contribution in [-0.4, -0.2) is 46.9 Å². The summed E-state index contributed by atoms with van der Waals surface area (Å²) in [6, 6.07) is 3.63. The third kappa shape index (κ3) is 3.37. The molecule has 0 spiro atoms. The SMILES string of the molecule is O=C(CN1C(=O)CNC1=O)Nc1cc(Br)ccc1C(=O)O. The van der Waals surface area contributed by atoms with Crippen LogP contribution in [0.5, 0.6) is 0 Å². The van der Waals surface area contributed by atoms with Crippen LogP contribution in [0.3, 0.4) is 0 Å². The molecule has 1 aliphatic rings. The molecule has 1 saturated heterocycles. The summed E-state index contributed by atoms with van der Waals surface area (Å²) in [6.07, 6.45) is 0. The minimum atomic E-state index is -1.20. The number of imide groups is 1. The number of nitrogens with zero attached hydrogens (tertiary/aromatic N) is 1. The number of halogens is 1. The Bertz CT molecular complexity index is 630. The minimum absolute atomic E-state index is 0.0777. The van der Waals surface area contributed by atoms with Gasteiger partial charge in [-0.3, -0.25) is 14.5 Å². The summed E-state index contributed by atoms with van der Waals surface area (Å²) < 4.78 is 0.581. The van der Waals surface area contributed by atoms with E-state index in [2.05, 4.69) is 26.6 Å². The van der Waals surface area contributed by atoms with Crippen molar-refractivity contribution in [3.8, 4) is 0 Å². The van der Waals surface area contributed by atoms with Gasteiger partial charge in [-0.2, -0.15) is 0 Å². The van der Waals surface area contributed by atoms with Crippen LogP contribution in [0, 0.1) is 0 Å². The molecule has 3 N–H and O–H groups in total. The van der Waals surface area contributed by atoms with E-state index in [1.165, 1.54) is 18.2 Å². The van der Waals surface area contributed by atoms with Crippen molar-refractivity contribution in [2.45, 2.75) is 0 Å². The summed E-state index contributed by atoms with van der Waals surface area (Å²) in [5, 5.41) is 13.7. The first kappa shape index (κ1) is 15.0. The number of urea groups is 1. The molecule has 1 fully saturated rings. The number of carboxylic acid groups (broad SMARTS) is 1. The maximum Gasteiger partial charge on any atom is 0.337 e. The summed E-state index contributed by atoms with van der Waals surface area (Å²) in [5.41, 5.74) is -0.0160. The van der Waals surface area contributed by atoms with E-state index in [0.717, 1.165) is 4.90 Å². The van der Waals surface area contributed by atoms with Gasteiger partial charge in [0.25, 0.3) is 5.91 Å². The van der Waals surface area contributed by atoms with Crippen LogP contribution in [0.25, 0.3) is 0 Å². The second-order valence-corrected chi connectivity index (χ2v) is 5.10. The van der Waals surface area contributed by atoms with Gasteiger partial charge < -0.3 is 15.7 Å². The van der Waals surface area contributed by atoms with E-state index in [0.29, 0.717) is 4.47 Å². The Morgan fingerprint density at radius 3 is 2.67 bits per heavy atom. The average molecular weight is 356 g/mol. The first-order valence-electron chi connectivity index (χ1n) is 5.79. The van der Waals surface area contributed by atoms with Crippen molar-refractivity contribution in [3.05, 3.63) is 28.2 Å². The number of carbonyl (C=O) groups is 4. The zero-order chi connectivity index (χ0) is 15.6. The van der Waals surface area contributed by atoms with Crippen LogP contribution in [0.1, 0.15) is 10.4 Å². The van der Waals surface area contributed by atoms with Gasteiger partial charge in [0.1, 0.15) is 6.54 Å². The lowest BCUT2D eigenvalue weighted by molar-refractivity contribution is -0.128. The van der Waals surface area contributed by atoms with Crippen LogP contribution in [0.4, 0.5) is 10.5 Å². The standard InChI is InChI=1S/C12H10BrN3O5/c13-6-1-2-7(11(19)20)8(3-6)15-9(17)5-16-10(18)4-14-12(16)21/h1-3H,4-5H2,(H,14,21)(H,15,17)(H,19,20). The Morgan fingerprint density at radius 1 is 1.38 bits per heavy atom. The van der Waals surface area contributed by atoms with Gasteiger partial charge in [0, 0.05) is 4.47 Å². The fourth-order valence-electron chi connectivity index (χ4n) is 1.76. The quantitative estimate of drug-likeness (QED) is 0.685. The topological polar surface area (TPSA) is 116 Å². The Morgan fingerprint density at radius 2 is 2.10 bits per heavy atom. The molecule has 2 rings (SSSR count). The Hall–Kier alpha value is -2.42. The highest BCUT2D eigenvalue weighted by Crippen LogP contribution is 2.21. The number of amides is 4. The van der Waals surface area contributed by atoms with Crippen LogP contribution in [0.15, 0.2) is 22.7 Å². The normalized spacial score (nSPS) is 14.0. The lowest BCUT2D eigenvalue weighted by Gasteiger charge is -2.13. The Labute approximate surface area is 127 Å². The molecule has 110 valence electrons. The number of aromatic carboxylic acids is 1. The lowest BCUT2D eigenvalue weighted by Crippen LogP contribution is -2.38. The molecule has 9 heteroatoms. The molecule has 0 radical (unpaired) electrons. The molecule has 0 aliphatic carbocycles. The molecule has 8 nitrogen and oxygen atoms in total. The fraction of sp³-hybridized carbons (Fsp3) is 0.167. The Balaban J connectivity index is 2.13. The van der Waals surface area contributed by atoms with Gasteiger partial charge in [0.2, 0.25) is 5.91 Å². The smallest absolute Gasteiger partial charge is 0.337 e. The number of rotatable bonds is 4. The van der Waals surface area contributed by atoms with E-state index in [4.69, 9.17) is 5.11 Å². The lowest BCUT2D eigenvalue weighted by atomic mass is 10.2. The highest BCUT2D eigenvalue weighted by molar-refractivity contribution is 9.10. The molecule has 0 aromatic heterocycles.